The van der Waals surface area contributed by atoms with E-state index in [4.69, 9.17) is 52.3 Å². The molecule has 0 spiro atoms. The molecule has 0 unspecified atom stereocenters. The van der Waals surface area contributed by atoms with E-state index in [0.717, 1.165) is 48.8 Å². The standard InChI is InChI=1S/C56H67N6O15PS.C2H6.CH4O/c1-2-26-75-48-20-19-45-47(63)38-49(77-55(45)54(48)66)40-15-17-41(18-16-40)56(67)58-24-28-70-30-32-72-34-36-74-37-35-73-33-31-71-29-25-62-53-44-13-7-8-14-46(44)61(39-42-11-5-6-12-43(42)52(53)59-60-62)51(65)22-21-50(64)57-23-9-3-4-10-27-76-78(68,69)79;2*1-2/h2,5-8,11-20,38,66H,1,3-4,9-10,21-37,39H2,(H,57,64)(H,58,67)(H2,68,69,79);1-2H3;2H,1H3. The number of aliphatic hydroxyl groups is 1. The van der Waals surface area contributed by atoms with E-state index in [0.29, 0.717) is 108 Å². The van der Waals surface area contributed by atoms with Gasteiger partial charge in [0.25, 0.3) is 5.91 Å². The third-order valence-corrected chi connectivity index (χ3v) is 13.2. The molecule has 0 fully saturated rings. The van der Waals surface area contributed by atoms with Gasteiger partial charge >= 0.3 is 6.72 Å². The van der Waals surface area contributed by atoms with Gasteiger partial charge in [-0.3, -0.25) is 19.2 Å². The maximum atomic E-state index is 14.0. The normalized spacial score (nSPS) is 11.6. The molecule has 0 saturated carbocycles. The van der Waals surface area contributed by atoms with Gasteiger partial charge in [-0.1, -0.05) is 99.2 Å². The number of hydrogen-bond acceptors (Lipinski definition) is 17. The molecular weight excluding hydrogens is 1110 g/mol. The molecule has 6 N–H and O–H groups in total. The van der Waals surface area contributed by atoms with E-state index in [2.05, 4.69) is 39.3 Å². The number of benzene rings is 4. The predicted molar refractivity (Wildman–Crippen MR) is 319 cm³/mol. The summed E-state index contributed by atoms with van der Waals surface area (Å²) in [7, 11) is 1.00. The quantitative estimate of drug-likeness (QED) is 0.0131. The first kappa shape index (κ1) is 67.1. The zero-order valence-electron chi connectivity index (χ0n) is 47.3. The van der Waals surface area contributed by atoms with E-state index in [-0.39, 0.29) is 90.6 Å². The number of hydrogen-bond donors (Lipinski definition) is 6. The van der Waals surface area contributed by atoms with Crippen molar-refractivity contribution in [1.29, 1.82) is 0 Å². The van der Waals surface area contributed by atoms with Gasteiger partial charge in [0.2, 0.25) is 17.6 Å². The minimum atomic E-state index is -3.63. The summed E-state index contributed by atoms with van der Waals surface area (Å²) >= 11 is 4.45. The monoisotopic (exact) mass is 1190 g/mol. The highest BCUT2D eigenvalue weighted by Gasteiger charge is 2.29. The molecule has 2 aromatic heterocycles. The maximum absolute atomic E-state index is 14.0. The van der Waals surface area contributed by atoms with Gasteiger partial charge in [0.15, 0.2) is 16.8 Å². The molecule has 0 aliphatic carbocycles. The van der Waals surface area contributed by atoms with Gasteiger partial charge in [-0.05, 0) is 60.5 Å². The molecule has 7 rings (SSSR count). The van der Waals surface area contributed by atoms with Gasteiger partial charge in [-0.25, -0.2) is 4.68 Å². The highest BCUT2D eigenvalue weighted by molar-refractivity contribution is 8.06. The number of aliphatic hydroxyl groups excluding tert-OH is 1. The summed E-state index contributed by atoms with van der Waals surface area (Å²) in [5.74, 6) is -0.583. The van der Waals surface area contributed by atoms with Crippen LogP contribution in [0.25, 0.3) is 44.8 Å². The minimum Gasteiger partial charge on any atom is -0.502 e. The Morgan fingerprint density at radius 1 is 0.747 bits per heavy atom. The molecule has 0 radical (unpaired) electrons. The molecule has 0 saturated heterocycles. The van der Waals surface area contributed by atoms with Crippen molar-refractivity contribution in [3.8, 4) is 45.3 Å². The lowest BCUT2D eigenvalue weighted by molar-refractivity contribution is -0.125. The van der Waals surface area contributed by atoms with E-state index in [1.807, 2.05) is 62.4 Å². The van der Waals surface area contributed by atoms with Gasteiger partial charge < -0.3 is 72.9 Å². The largest absolute Gasteiger partial charge is 0.502 e. The molecular formula is C59H77N6O16PS. The Morgan fingerprint density at radius 3 is 2.05 bits per heavy atom. The number of aromatic hydroxyl groups is 1. The van der Waals surface area contributed by atoms with Gasteiger partial charge in [0, 0.05) is 61.4 Å². The summed E-state index contributed by atoms with van der Waals surface area (Å²) in [5, 5.41) is 32.7. The topological polar surface area (TPSA) is 285 Å². The average molecular weight is 1190 g/mol. The molecule has 450 valence electrons. The zero-order valence-corrected chi connectivity index (χ0v) is 49.0. The number of phenols is 1. The number of anilines is 1. The number of phenolic OH excluding ortho intramolecular Hbond substituents is 1. The van der Waals surface area contributed by atoms with Crippen LogP contribution < -0.4 is 25.7 Å². The minimum absolute atomic E-state index is 0.00224. The van der Waals surface area contributed by atoms with Gasteiger partial charge in [-0.2, -0.15) is 0 Å². The highest BCUT2D eigenvalue weighted by atomic mass is 32.5. The van der Waals surface area contributed by atoms with Crippen molar-refractivity contribution in [3.05, 3.63) is 125 Å². The van der Waals surface area contributed by atoms with E-state index in [1.54, 1.807) is 33.8 Å². The van der Waals surface area contributed by atoms with Crippen LogP contribution in [0.15, 0.2) is 113 Å². The van der Waals surface area contributed by atoms with Gasteiger partial charge in [0.05, 0.1) is 103 Å². The number of amides is 3. The van der Waals surface area contributed by atoms with Crippen LogP contribution in [0, 0.1) is 0 Å². The van der Waals surface area contributed by atoms with E-state index < -0.39 is 6.72 Å². The second kappa shape index (κ2) is 36.8. The molecule has 3 amide bonds. The number of nitrogens with one attached hydrogen (secondary N) is 2. The van der Waals surface area contributed by atoms with Crippen LogP contribution >= 0.6 is 6.72 Å². The fourth-order valence-electron chi connectivity index (χ4n) is 8.48. The van der Waals surface area contributed by atoms with Crippen molar-refractivity contribution < 1.29 is 71.7 Å². The highest BCUT2D eigenvalue weighted by Crippen LogP contribution is 2.42. The molecule has 3 heterocycles. The van der Waals surface area contributed by atoms with Crippen LogP contribution in [-0.2, 0) is 62.7 Å². The molecule has 83 heavy (non-hydrogen) atoms. The Hall–Kier alpha value is -6.73. The molecule has 24 heteroatoms. The summed E-state index contributed by atoms with van der Waals surface area (Å²) < 4.78 is 46.4. The fraction of sp³-hybridized carbons (Fsp3) is 0.424. The number of carbonyl (C=O) groups excluding carboxylic acids is 3. The molecule has 6 aromatic rings. The van der Waals surface area contributed by atoms with Crippen LogP contribution in [0.5, 0.6) is 11.5 Å². The first-order valence-electron chi connectivity index (χ1n) is 27.6. The number of para-hydroxylation sites is 1. The fourth-order valence-corrected chi connectivity index (χ4v) is 9.07. The lowest BCUT2D eigenvalue weighted by atomic mass is 9.95. The molecule has 4 aromatic carbocycles. The lowest BCUT2D eigenvalue weighted by Crippen LogP contribution is -2.33. The third kappa shape index (κ3) is 21.4. The number of nitrogens with zero attached hydrogens (tertiary/aromatic N) is 4. The first-order valence-corrected chi connectivity index (χ1v) is 30.2. The Bertz CT molecular complexity index is 3080. The second-order valence-corrected chi connectivity index (χ2v) is 20.7. The predicted octanol–water partition coefficient (Wildman–Crippen LogP) is 7.33. The van der Waals surface area contributed by atoms with Crippen molar-refractivity contribution in [2.24, 2.45) is 0 Å². The molecule has 0 bridgehead atoms. The number of unbranched alkanes of at least 4 members (excludes halogenated alkanes) is 3. The van der Waals surface area contributed by atoms with Crippen molar-refractivity contribution in [2.45, 2.75) is 65.5 Å². The summed E-state index contributed by atoms with van der Waals surface area (Å²) in [4.78, 5) is 72.3. The Kier molecular flexibility index (Phi) is 29.7. The Labute approximate surface area is 488 Å². The number of aromatic nitrogens is 3. The van der Waals surface area contributed by atoms with Gasteiger partial charge in [-0.15, -0.1) is 5.10 Å². The average Bonchev–Trinajstić information content (AvgIpc) is 2.71. The summed E-state index contributed by atoms with van der Waals surface area (Å²) in [6.07, 6.45) is 4.57. The van der Waals surface area contributed by atoms with Crippen LogP contribution in [-0.4, -0.2) is 152 Å². The first-order chi connectivity index (χ1) is 40.4. The van der Waals surface area contributed by atoms with E-state index in [1.165, 1.54) is 24.3 Å². The van der Waals surface area contributed by atoms with Crippen LogP contribution in [0.1, 0.15) is 68.3 Å². The number of fused-ring (bicyclic) bond motifs is 6. The Morgan fingerprint density at radius 2 is 1.37 bits per heavy atom. The third-order valence-electron chi connectivity index (χ3n) is 12.4. The summed E-state index contributed by atoms with van der Waals surface area (Å²) in [6.45, 7) is 9.32. The molecule has 1 aliphatic rings. The molecule has 0 atom stereocenters. The van der Waals surface area contributed by atoms with Crippen molar-refractivity contribution in [1.82, 2.24) is 25.6 Å². The zero-order chi connectivity index (χ0) is 59.8. The molecule has 22 nitrogen and oxygen atoms in total. The second-order valence-electron chi connectivity index (χ2n) is 18.0. The van der Waals surface area contributed by atoms with Crippen molar-refractivity contribution in [3.63, 3.8) is 0 Å². The van der Waals surface area contributed by atoms with Crippen LogP contribution in [0.3, 0.4) is 0 Å². The summed E-state index contributed by atoms with van der Waals surface area (Å²) in [6, 6.07) is 26.3. The lowest BCUT2D eigenvalue weighted by Gasteiger charge is -2.28. The maximum Gasteiger partial charge on any atom is 0.321 e. The van der Waals surface area contributed by atoms with Gasteiger partial charge in [0.1, 0.15) is 18.1 Å². The van der Waals surface area contributed by atoms with Crippen LogP contribution in [0.2, 0.25) is 0 Å². The van der Waals surface area contributed by atoms with Crippen LogP contribution in [0.4, 0.5) is 5.69 Å². The van der Waals surface area contributed by atoms with Crippen molar-refractivity contribution in [2.75, 3.05) is 104 Å². The van der Waals surface area contributed by atoms with E-state index in [9.17, 15) is 24.3 Å². The summed E-state index contributed by atoms with van der Waals surface area (Å²) in [5.41, 5.74) is 5.32. The number of rotatable bonds is 34. The smallest absolute Gasteiger partial charge is 0.321 e. The number of carbonyl (C=O) groups is 3. The van der Waals surface area contributed by atoms with Crippen molar-refractivity contribution >= 4 is 52.9 Å². The Balaban J connectivity index is 0.00000308. The number of ether oxygens (including phenoxy) is 6. The van der Waals surface area contributed by atoms with E-state index >= 15 is 0 Å². The SMILES string of the molecule is C=CCOc1ccc2c(=O)cc(-c3ccc(C(=O)NCCOCCOCCOCCOCCOCCn4nnc5c4-c4ccccc4N(C(=O)CCC(=O)NCCCCCCOP(O)(O)=S)Cc4ccccc4-5)cc3)oc2c1O.CC.CO. The molecule has 1 aliphatic heterocycles.